The third-order valence-electron chi connectivity index (χ3n) is 10.3. The van der Waals surface area contributed by atoms with E-state index in [9.17, 15) is 9.59 Å². The number of benzene rings is 1. The Morgan fingerprint density at radius 1 is 1.04 bits per heavy atom. The molecule has 246 valence electrons. The molecule has 7 rings (SSSR count). The third kappa shape index (κ3) is 5.24. The highest BCUT2D eigenvalue weighted by Crippen LogP contribution is 2.47. The van der Waals surface area contributed by atoms with Gasteiger partial charge in [0.15, 0.2) is 5.82 Å². The fourth-order valence-corrected chi connectivity index (χ4v) is 7.45. The number of pyridine rings is 2. The van der Waals surface area contributed by atoms with Crippen LogP contribution in [0.5, 0.6) is 0 Å². The Labute approximate surface area is 274 Å². The molecule has 5 heterocycles. The average molecular weight is 639 g/mol. The Kier molecular flexibility index (Phi) is 7.77. The Hall–Kier alpha value is -4.38. The number of halogens is 1. The van der Waals surface area contributed by atoms with Crippen molar-refractivity contribution in [2.75, 3.05) is 30.4 Å². The fraction of sp³-hybridized carbons (Fsp3) is 0.472. The van der Waals surface area contributed by atoms with Gasteiger partial charge in [-0.25, -0.2) is 14.4 Å². The fourth-order valence-electron chi connectivity index (χ4n) is 7.45. The van der Waals surface area contributed by atoms with Gasteiger partial charge in [-0.05, 0) is 103 Å². The van der Waals surface area contributed by atoms with E-state index < -0.39 is 11.2 Å². The van der Waals surface area contributed by atoms with Crippen LogP contribution in [-0.2, 0) is 10.2 Å². The van der Waals surface area contributed by atoms with Gasteiger partial charge in [-0.2, -0.15) is 0 Å². The Bertz CT molecular complexity index is 1890. The second kappa shape index (κ2) is 11.7. The number of anilines is 3. The summed E-state index contributed by atoms with van der Waals surface area (Å²) < 4.78 is 17.3. The number of carbonyl (C=O) groups excluding carboxylic acids is 2. The lowest BCUT2D eigenvalue weighted by atomic mass is 9.83. The van der Waals surface area contributed by atoms with E-state index in [0.29, 0.717) is 34.2 Å². The molecule has 10 nitrogen and oxygen atoms in total. The van der Waals surface area contributed by atoms with Gasteiger partial charge < -0.3 is 25.0 Å². The van der Waals surface area contributed by atoms with E-state index in [4.69, 9.17) is 9.97 Å². The zero-order valence-electron chi connectivity index (χ0n) is 28.0. The van der Waals surface area contributed by atoms with Crippen LogP contribution in [0.2, 0.25) is 0 Å². The van der Waals surface area contributed by atoms with Crippen LogP contribution < -0.4 is 15.5 Å². The molecule has 1 saturated carbocycles. The summed E-state index contributed by atoms with van der Waals surface area (Å²) in [4.78, 5) is 45.6. The van der Waals surface area contributed by atoms with E-state index in [1.165, 1.54) is 31.4 Å². The molecule has 47 heavy (non-hydrogen) atoms. The number of carbonyl (C=O) groups is 2. The molecule has 3 aliphatic rings. The van der Waals surface area contributed by atoms with Crippen molar-refractivity contribution in [2.45, 2.75) is 90.3 Å². The number of piperidine rings is 1. The molecule has 1 saturated heterocycles. The summed E-state index contributed by atoms with van der Waals surface area (Å²) in [6.45, 7) is 12.0. The number of nitrogens with one attached hydrogen (secondary N) is 2. The number of hydrogen-bond donors (Lipinski definition) is 2. The number of hydrogen-bond acceptors (Lipinski definition) is 7. The van der Waals surface area contributed by atoms with Crippen LogP contribution in [0, 0.1) is 12.7 Å². The van der Waals surface area contributed by atoms with Crippen molar-refractivity contribution in [3.63, 3.8) is 0 Å². The first-order valence-electron chi connectivity index (χ1n) is 16.7. The maximum atomic E-state index is 15.4. The molecule has 1 aliphatic carbocycles. The molecule has 11 heteroatoms. The number of imidazole rings is 1. The second-order valence-electron chi connectivity index (χ2n) is 14.1. The molecule has 0 atom stereocenters. The molecule has 0 unspecified atom stereocenters. The maximum absolute atomic E-state index is 15.4. The number of nitrogens with zero attached hydrogens (tertiary/aromatic N) is 6. The highest BCUT2D eigenvalue weighted by atomic mass is 19.1. The summed E-state index contributed by atoms with van der Waals surface area (Å²) in [6, 6.07) is 7.52. The maximum Gasteiger partial charge on any atom is 0.251 e. The molecule has 0 bridgehead atoms. The number of fused-ring (bicyclic) bond motifs is 2. The van der Waals surface area contributed by atoms with Crippen molar-refractivity contribution in [1.29, 1.82) is 0 Å². The van der Waals surface area contributed by atoms with E-state index in [1.54, 1.807) is 26.5 Å². The zero-order chi connectivity index (χ0) is 33.2. The highest BCUT2D eigenvalue weighted by Gasteiger charge is 2.51. The summed E-state index contributed by atoms with van der Waals surface area (Å²) in [7, 11) is 1.55. The molecule has 2 N–H and O–H groups in total. The van der Waals surface area contributed by atoms with Crippen LogP contribution >= 0.6 is 0 Å². The molecule has 2 fully saturated rings. The lowest BCUT2D eigenvalue weighted by molar-refractivity contribution is -0.123. The zero-order valence-corrected chi connectivity index (χ0v) is 28.0. The van der Waals surface area contributed by atoms with Crippen LogP contribution in [-0.4, -0.2) is 68.5 Å². The molecule has 0 radical (unpaired) electrons. The van der Waals surface area contributed by atoms with Crippen molar-refractivity contribution < 1.29 is 14.0 Å². The molecule has 2 aliphatic heterocycles. The molecular formula is C36H43FN8O2. The van der Waals surface area contributed by atoms with Gasteiger partial charge in [0.05, 0.1) is 40.0 Å². The van der Waals surface area contributed by atoms with Crippen LogP contribution in [0.1, 0.15) is 87.5 Å². The summed E-state index contributed by atoms with van der Waals surface area (Å²) in [6.07, 6.45) is 9.27. The van der Waals surface area contributed by atoms with Crippen molar-refractivity contribution in [2.24, 2.45) is 0 Å². The van der Waals surface area contributed by atoms with Gasteiger partial charge in [0, 0.05) is 42.5 Å². The van der Waals surface area contributed by atoms with Crippen LogP contribution in [0.15, 0.2) is 36.8 Å². The van der Waals surface area contributed by atoms with Crippen LogP contribution in [0.3, 0.4) is 0 Å². The first-order chi connectivity index (χ1) is 22.5. The van der Waals surface area contributed by atoms with E-state index in [-0.39, 0.29) is 29.6 Å². The SMILES string of the molecule is CNC(=O)c1cc(Nc2nc(-c3cnc4c(c3)N([C@H]3C[C@@H](N5CCCCC5)C3)C(=O)C4(C)C)cc3ncn(C(C)C)c23)c(F)cc1C. The predicted octanol–water partition coefficient (Wildman–Crippen LogP) is 6.27. The number of aromatic nitrogens is 4. The van der Waals surface area contributed by atoms with Crippen LogP contribution in [0.4, 0.5) is 21.6 Å². The summed E-state index contributed by atoms with van der Waals surface area (Å²) in [5.74, 6) is -0.302. The van der Waals surface area contributed by atoms with E-state index in [1.807, 2.05) is 49.3 Å². The summed E-state index contributed by atoms with van der Waals surface area (Å²) in [5, 5.41) is 5.82. The smallest absolute Gasteiger partial charge is 0.251 e. The van der Waals surface area contributed by atoms with Gasteiger partial charge in [0.2, 0.25) is 5.91 Å². The average Bonchev–Trinajstić information content (AvgIpc) is 3.55. The molecule has 3 aromatic heterocycles. The van der Waals surface area contributed by atoms with E-state index >= 15 is 4.39 Å². The number of likely N-dealkylation sites (tertiary alicyclic amines) is 1. The topological polar surface area (TPSA) is 108 Å². The minimum Gasteiger partial charge on any atom is -0.355 e. The lowest BCUT2D eigenvalue weighted by Crippen LogP contribution is -2.57. The monoisotopic (exact) mass is 638 g/mol. The quantitative estimate of drug-likeness (QED) is 0.246. The molecule has 2 amide bonds. The summed E-state index contributed by atoms with van der Waals surface area (Å²) in [5.41, 5.74) is 4.67. The first-order valence-corrected chi connectivity index (χ1v) is 16.7. The van der Waals surface area contributed by atoms with Gasteiger partial charge in [0.25, 0.3) is 5.91 Å². The number of rotatable bonds is 7. The standard InChI is InChI=1S/C36H43FN8O2/c1-20(2)44-19-40-29-17-27(41-33(31(29)44)42-28-16-25(34(46)38-6)21(3)12-26(28)37)22-13-30-32(39-18-22)36(4,5)35(47)45(30)24-14-23(15-24)43-10-8-7-9-11-43/h12-13,16-20,23-24H,7-11,14-15H2,1-6H3,(H,38,46)(H,41,42)/t23-,24+. The van der Waals surface area contributed by atoms with Gasteiger partial charge >= 0.3 is 0 Å². The lowest BCUT2D eigenvalue weighted by Gasteiger charge is -2.47. The number of amides is 2. The van der Waals surface area contributed by atoms with E-state index in [2.05, 4.69) is 20.5 Å². The van der Waals surface area contributed by atoms with Gasteiger partial charge in [-0.15, -0.1) is 0 Å². The van der Waals surface area contributed by atoms with Crippen molar-refractivity contribution in [3.8, 4) is 11.3 Å². The van der Waals surface area contributed by atoms with Gasteiger partial charge in [-0.3, -0.25) is 14.6 Å². The largest absolute Gasteiger partial charge is 0.355 e. The predicted molar refractivity (Wildman–Crippen MR) is 182 cm³/mol. The normalized spacial score (nSPS) is 20.9. The molecule has 1 aromatic carbocycles. The van der Waals surface area contributed by atoms with Gasteiger partial charge in [0.1, 0.15) is 11.3 Å². The van der Waals surface area contributed by atoms with Crippen LogP contribution in [0.25, 0.3) is 22.3 Å². The molecular weight excluding hydrogens is 595 g/mol. The molecule has 0 spiro atoms. The Balaban J connectivity index is 1.28. The van der Waals surface area contributed by atoms with E-state index in [0.717, 1.165) is 48.4 Å². The Morgan fingerprint density at radius 3 is 2.49 bits per heavy atom. The van der Waals surface area contributed by atoms with Crippen molar-refractivity contribution >= 4 is 40.0 Å². The van der Waals surface area contributed by atoms with Crippen molar-refractivity contribution in [3.05, 3.63) is 59.4 Å². The second-order valence-corrected chi connectivity index (χ2v) is 14.1. The number of aryl methyl sites for hydroxylation is 1. The minimum absolute atomic E-state index is 0.0668. The third-order valence-corrected chi connectivity index (χ3v) is 10.3. The first kappa shape index (κ1) is 31.2. The highest BCUT2D eigenvalue weighted by molar-refractivity contribution is 6.08. The Morgan fingerprint density at radius 2 is 1.79 bits per heavy atom. The van der Waals surface area contributed by atoms with Gasteiger partial charge in [-0.1, -0.05) is 6.42 Å². The van der Waals surface area contributed by atoms with Crippen molar-refractivity contribution in [1.82, 2.24) is 29.7 Å². The minimum atomic E-state index is -0.727. The summed E-state index contributed by atoms with van der Waals surface area (Å²) >= 11 is 0. The molecule has 4 aromatic rings.